The maximum Gasteiger partial charge on any atom is 0.234 e. The number of hydrogen-bond donors (Lipinski definition) is 3. The molecule has 4 N–H and O–H groups in total. The van der Waals surface area contributed by atoms with Gasteiger partial charge in [0.2, 0.25) is 23.6 Å². The van der Waals surface area contributed by atoms with Gasteiger partial charge in [0.25, 0.3) is 0 Å². The first-order valence-corrected chi connectivity index (χ1v) is 12.9. The van der Waals surface area contributed by atoms with Gasteiger partial charge in [0.05, 0.1) is 6.04 Å². The number of aromatic nitrogens is 2. The van der Waals surface area contributed by atoms with E-state index >= 15 is 0 Å². The van der Waals surface area contributed by atoms with E-state index in [9.17, 15) is 14.4 Å². The maximum atomic E-state index is 12.6. The first-order chi connectivity index (χ1) is 17.3. The van der Waals surface area contributed by atoms with E-state index in [2.05, 4.69) is 25.7 Å². The molecule has 2 heterocycles. The van der Waals surface area contributed by atoms with Gasteiger partial charge in [-0.25, -0.2) is 0 Å². The summed E-state index contributed by atoms with van der Waals surface area (Å²) in [4.78, 5) is 42.8. The van der Waals surface area contributed by atoms with Crippen LogP contribution >= 0.6 is 0 Å². The molecular weight excluding hydrogens is 460 g/mol. The molecule has 0 spiro atoms. The van der Waals surface area contributed by atoms with Crippen LogP contribution in [-0.2, 0) is 32.9 Å². The number of carbonyl (C=O) groups is 3. The van der Waals surface area contributed by atoms with Gasteiger partial charge >= 0.3 is 0 Å². The number of nitrogens with one attached hydrogen (secondary N) is 2. The van der Waals surface area contributed by atoms with E-state index in [-0.39, 0.29) is 30.2 Å². The Balaban J connectivity index is 1.33. The molecule has 2 aliphatic rings. The molecule has 1 unspecified atom stereocenters. The van der Waals surface area contributed by atoms with Gasteiger partial charge in [-0.05, 0) is 49.9 Å². The molecule has 36 heavy (non-hydrogen) atoms. The number of anilines is 1. The Morgan fingerprint density at radius 1 is 1.17 bits per heavy atom. The van der Waals surface area contributed by atoms with Gasteiger partial charge < -0.3 is 20.9 Å². The molecular formula is C26H36N6O4. The van der Waals surface area contributed by atoms with Crippen LogP contribution in [-0.4, -0.2) is 45.3 Å². The molecule has 1 aromatic heterocycles. The smallest absolute Gasteiger partial charge is 0.234 e. The molecule has 2 fully saturated rings. The van der Waals surface area contributed by atoms with Crippen LogP contribution < -0.4 is 16.4 Å². The summed E-state index contributed by atoms with van der Waals surface area (Å²) in [5, 5.41) is 10.2. The third-order valence-electron chi connectivity index (χ3n) is 7.12. The lowest BCUT2D eigenvalue weighted by Gasteiger charge is -2.30. The minimum atomic E-state index is -0.602. The fourth-order valence-electron chi connectivity index (χ4n) is 5.39. The molecule has 194 valence electrons. The van der Waals surface area contributed by atoms with Gasteiger partial charge in [0, 0.05) is 32.0 Å². The molecule has 1 saturated heterocycles. The predicted octanol–water partition coefficient (Wildman–Crippen LogP) is 2.78. The zero-order valence-electron chi connectivity index (χ0n) is 20.9. The van der Waals surface area contributed by atoms with E-state index in [4.69, 9.17) is 10.3 Å². The number of amides is 3. The number of likely N-dealkylation sites (tertiary alicyclic amines) is 1. The van der Waals surface area contributed by atoms with Crippen molar-refractivity contribution in [2.45, 2.75) is 89.3 Å². The van der Waals surface area contributed by atoms with Crippen LogP contribution in [0, 0.1) is 0 Å². The summed E-state index contributed by atoms with van der Waals surface area (Å²) in [7, 11) is 0. The monoisotopic (exact) mass is 496 g/mol. The third kappa shape index (κ3) is 6.48. The lowest BCUT2D eigenvalue weighted by atomic mass is 9.89. The molecule has 10 heteroatoms. The van der Waals surface area contributed by atoms with Crippen molar-refractivity contribution in [1.82, 2.24) is 20.4 Å². The van der Waals surface area contributed by atoms with Crippen molar-refractivity contribution >= 4 is 23.4 Å². The van der Waals surface area contributed by atoms with Crippen molar-refractivity contribution in [3.05, 3.63) is 41.5 Å². The quantitative estimate of drug-likeness (QED) is 0.453. The van der Waals surface area contributed by atoms with Crippen LogP contribution in [0.5, 0.6) is 0 Å². The molecule has 0 bridgehead atoms. The normalized spacial score (nSPS) is 20.0. The fraction of sp³-hybridized carbons (Fsp3) is 0.577. The van der Waals surface area contributed by atoms with E-state index in [1.165, 1.54) is 6.92 Å². The van der Waals surface area contributed by atoms with E-state index in [0.29, 0.717) is 30.4 Å². The minimum Gasteiger partial charge on any atom is -0.368 e. The molecule has 1 aliphatic carbocycles. The first kappa shape index (κ1) is 25.8. The Bertz CT molecular complexity index is 1080. The van der Waals surface area contributed by atoms with Crippen LogP contribution in [0.4, 0.5) is 5.69 Å². The number of nitrogens with zero attached hydrogens (tertiary/aromatic N) is 3. The number of benzene rings is 1. The molecule has 10 nitrogen and oxygen atoms in total. The van der Waals surface area contributed by atoms with Crippen LogP contribution in [0.25, 0.3) is 0 Å². The second-order valence-corrected chi connectivity index (χ2v) is 9.97. The Kier molecular flexibility index (Phi) is 8.35. The standard InChI is InChI=1S/C26H36N6O4/c1-18(33)30-26(13-4-2-3-5-14-26)25-29-23(36-31-25)12-11-22(34)28-20-9-6-8-19(16-20)17-32-15-7-10-21(32)24(27)35/h6,8-9,16,21H,2-5,7,10-15,17H2,1H3,(H2,27,35)(H,28,34)(H,30,33). The summed E-state index contributed by atoms with van der Waals surface area (Å²) in [5.74, 6) is 0.324. The lowest BCUT2D eigenvalue weighted by Crippen LogP contribution is -2.45. The highest BCUT2D eigenvalue weighted by Gasteiger charge is 2.38. The average molecular weight is 497 g/mol. The Hall–Kier alpha value is -3.27. The highest BCUT2D eigenvalue weighted by atomic mass is 16.5. The van der Waals surface area contributed by atoms with Gasteiger partial charge in [0.15, 0.2) is 5.82 Å². The number of carbonyl (C=O) groups excluding carboxylic acids is 3. The maximum absolute atomic E-state index is 12.6. The number of hydrogen-bond acceptors (Lipinski definition) is 7. The van der Waals surface area contributed by atoms with E-state index in [1.54, 1.807) is 0 Å². The predicted molar refractivity (Wildman–Crippen MR) is 134 cm³/mol. The second kappa shape index (κ2) is 11.6. The molecule has 2 aromatic rings. The number of rotatable bonds is 9. The van der Waals surface area contributed by atoms with Crippen molar-refractivity contribution in [3.8, 4) is 0 Å². The van der Waals surface area contributed by atoms with Crippen LogP contribution in [0.3, 0.4) is 0 Å². The Morgan fingerprint density at radius 2 is 1.94 bits per heavy atom. The van der Waals surface area contributed by atoms with Crippen molar-refractivity contribution in [2.24, 2.45) is 5.73 Å². The Morgan fingerprint density at radius 3 is 2.67 bits per heavy atom. The Labute approximate surface area is 211 Å². The van der Waals surface area contributed by atoms with Crippen LogP contribution in [0.2, 0.25) is 0 Å². The van der Waals surface area contributed by atoms with E-state index in [1.807, 2.05) is 24.3 Å². The number of primary amides is 1. The van der Waals surface area contributed by atoms with Crippen molar-refractivity contribution < 1.29 is 18.9 Å². The van der Waals surface area contributed by atoms with Gasteiger partial charge in [-0.1, -0.05) is 43.0 Å². The third-order valence-corrected chi connectivity index (χ3v) is 7.12. The molecule has 0 radical (unpaired) electrons. The average Bonchev–Trinajstić information content (AvgIpc) is 3.44. The summed E-state index contributed by atoms with van der Waals surface area (Å²) >= 11 is 0. The highest BCUT2D eigenvalue weighted by molar-refractivity contribution is 5.90. The summed E-state index contributed by atoms with van der Waals surface area (Å²) in [6.07, 6.45) is 8.02. The minimum absolute atomic E-state index is 0.111. The molecule has 1 atom stereocenters. The summed E-state index contributed by atoms with van der Waals surface area (Å²) < 4.78 is 5.45. The van der Waals surface area contributed by atoms with E-state index < -0.39 is 5.54 Å². The molecule has 4 rings (SSSR count). The van der Waals surface area contributed by atoms with Crippen molar-refractivity contribution in [1.29, 1.82) is 0 Å². The van der Waals surface area contributed by atoms with Crippen LogP contribution in [0.15, 0.2) is 28.8 Å². The van der Waals surface area contributed by atoms with Gasteiger partial charge in [-0.2, -0.15) is 4.98 Å². The van der Waals surface area contributed by atoms with Crippen molar-refractivity contribution in [2.75, 3.05) is 11.9 Å². The molecule has 1 aliphatic heterocycles. The molecule has 3 amide bonds. The molecule has 1 aromatic carbocycles. The van der Waals surface area contributed by atoms with Crippen LogP contribution in [0.1, 0.15) is 82.0 Å². The first-order valence-electron chi connectivity index (χ1n) is 12.9. The SMILES string of the molecule is CC(=O)NC1(c2noc(CCC(=O)Nc3cccc(CN4CCCC4C(N)=O)c3)n2)CCCCCC1. The summed E-state index contributed by atoms with van der Waals surface area (Å²) in [6, 6.07) is 7.39. The second-order valence-electron chi connectivity index (χ2n) is 9.97. The largest absolute Gasteiger partial charge is 0.368 e. The zero-order valence-corrected chi connectivity index (χ0v) is 20.9. The number of nitrogens with two attached hydrogens (primary N) is 1. The zero-order chi connectivity index (χ0) is 25.5. The van der Waals surface area contributed by atoms with Gasteiger partial charge in [-0.15, -0.1) is 0 Å². The van der Waals surface area contributed by atoms with Crippen molar-refractivity contribution in [3.63, 3.8) is 0 Å². The van der Waals surface area contributed by atoms with Gasteiger partial charge in [-0.3, -0.25) is 19.3 Å². The summed E-state index contributed by atoms with van der Waals surface area (Å²) in [6.45, 7) is 2.95. The summed E-state index contributed by atoms with van der Waals surface area (Å²) in [5.41, 5.74) is 6.63. The topological polar surface area (TPSA) is 143 Å². The number of aryl methyl sites for hydroxylation is 1. The van der Waals surface area contributed by atoms with Gasteiger partial charge in [0.1, 0.15) is 5.54 Å². The van der Waals surface area contributed by atoms with E-state index in [0.717, 1.165) is 63.5 Å². The fourth-order valence-corrected chi connectivity index (χ4v) is 5.39. The molecule has 1 saturated carbocycles. The highest BCUT2D eigenvalue weighted by Crippen LogP contribution is 2.34. The lowest BCUT2D eigenvalue weighted by molar-refractivity contribution is -0.122.